The van der Waals surface area contributed by atoms with Gasteiger partial charge in [0.25, 0.3) is 0 Å². The van der Waals surface area contributed by atoms with Gasteiger partial charge in [0.1, 0.15) is 12.2 Å². The van der Waals surface area contributed by atoms with E-state index < -0.39 is 6.10 Å². The van der Waals surface area contributed by atoms with Gasteiger partial charge in [-0.25, -0.2) is 4.79 Å². The summed E-state index contributed by atoms with van der Waals surface area (Å²) >= 11 is 0. The number of hydrogen-bond donors (Lipinski definition) is 2. The van der Waals surface area contributed by atoms with Gasteiger partial charge in [-0.05, 0) is 83.6 Å². The maximum Gasteiger partial charge on any atom is 0.334 e. The number of aliphatic hydroxyl groups is 2. The Morgan fingerprint density at radius 3 is 1.91 bits per heavy atom. The number of cyclic esters (lactones) is 1. The zero-order valence-corrected chi connectivity index (χ0v) is 30.0. The van der Waals surface area contributed by atoms with Gasteiger partial charge in [0, 0.05) is 12.5 Å². The van der Waals surface area contributed by atoms with Gasteiger partial charge in [-0.3, -0.25) is 4.79 Å². The number of ether oxygens (including phenoxy) is 4. The van der Waals surface area contributed by atoms with Gasteiger partial charge in [-0.15, -0.1) is 0 Å². The molecular formula is C39H68O8. The van der Waals surface area contributed by atoms with E-state index in [0.29, 0.717) is 0 Å². The Labute approximate surface area is 285 Å². The third kappa shape index (κ3) is 15.7. The van der Waals surface area contributed by atoms with Crippen LogP contribution in [0.4, 0.5) is 0 Å². The predicted octanol–water partition coefficient (Wildman–Crippen LogP) is 8.43. The van der Waals surface area contributed by atoms with E-state index in [-0.39, 0.29) is 54.7 Å². The molecule has 8 nitrogen and oxygen atoms in total. The van der Waals surface area contributed by atoms with Crippen LogP contribution in [0.2, 0.25) is 0 Å². The Hall–Kier alpha value is -1.48. The summed E-state index contributed by atoms with van der Waals surface area (Å²) in [6.45, 7) is 5.53. The Bertz CT molecular complexity index is 905. The van der Waals surface area contributed by atoms with E-state index >= 15 is 0 Å². The van der Waals surface area contributed by atoms with Crippen molar-refractivity contribution in [2.75, 3.05) is 0 Å². The molecule has 0 aromatic heterocycles. The number of aliphatic hydroxyl groups excluding tert-OH is 2. The van der Waals surface area contributed by atoms with Gasteiger partial charge < -0.3 is 29.2 Å². The highest BCUT2D eigenvalue weighted by Gasteiger charge is 2.41. The highest BCUT2D eigenvalue weighted by atomic mass is 16.6. The van der Waals surface area contributed by atoms with Crippen molar-refractivity contribution in [2.24, 2.45) is 0 Å². The van der Waals surface area contributed by atoms with Crippen molar-refractivity contribution in [3.8, 4) is 0 Å². The quantitative estimate of drug-likeness (QED) is 0.0700. The van der Waals surface area contributed by atoms with Gasteiger partial charge >= 0.3 is 11.9 Å². The maximum atomic E-state index is 11.8. The lowest BCUT2D eigenvalue weighted by atomic mass is 10.00. The first-order valence-electron chi connectivity index (χ1n) is 19.5. The molecule has 0 spiro atoms. The van der Waals surface area contributed by atoms with Crippen molar-refractivity contribution in [3.05, 3.63) is 11.6 Å². The van der Waals surface area contributed by atoms with Crippen LogP contribution in [0.3, 0.4) is 0 Å². The molecule has 3 aliphatic heterocycles. The molecular weight excluding hydrogens is 596 g/mol. The zero-order valence-electron chi connectivity index (χ0n) is 30.0. The molecule has 0 amide bonds. The Morgan fingerprint density at radius 2 is 1.30 bits per heavy atom. The summed E-state index contributed by atoms with van der Waals surface area (Å²) in [4.78, 5) is 23.5. The second-order valence-corrected chi connectivity index (χ2v) is 14.6. The van der Waals surface area contributed by atoms with Gasteiger partial charge in [-0.2, -0.15) is 0 Å². The summed E-state index contributed by atoms with van der Waals surface area (Å²) in [6.07, 6.45) is 25.6. The summed E-state index contributed by atoms with van der Waals surface area (Å²) in [5.41, 5.74) is 0.859. The van der Waals surface area contributed by atoms with Crippen LogP contribution in [-0.2, 0) is 28.5 Å². The van der Waals surface area contributed by atoms with Crippen molar-refractivity contribution >= 4 is 11.9 Å². The third-order valence-corrected chi connectivity index (χ3v) is 10.4. The lowest BCUT2D eigenvalue weighted by Gasteiger charge is -2.26. The summed E-state index contributed by atoms with van der Waals surface area (Å²) in [5.74, 6) is -0.389. The summed E-state index contributed by atoms with van der Waals surface area (Å²) in [6, 6.07) is 0. The number of esters is 2. The van der Waals surface area contributed by atoms with Crippen LogP contribution in [0, 0.1) is 0 Å². The molecule has 2 fully saturated rings. The predicted molar refractivity (Wildman–Crippen MR) is 185 cm³/mol. The number of carbonyl (C=O) groups excluding carboxylic acids is 2. The highest BCUT2D eigenvalue weighted by molar-refractivity contribution is 5.90. The SMILES string of the molecule is CCCCC(O)CCCCCC(OC(C)=O)C1CCC(C2CCC(C(O)CCCCCCCCCCCCC3=CC(C)OC3=O)O2)O1. The average molecular weight is 665 g/mol. The van der Waals surface area contributed by atoms with Crippen LogP contribution in [0.25, 0.3) is 0 Å². The van der Waals surface area contributed by atoms with Crippen LogP contribution in [0.1, 0.15) is 175 Å². The normalized spacial score (nSPS) is 26.3. The van der Waals surface area contributed by atoms with Crippen LogP contribution in [0.5, 0.6) is 0 Å². The fourth-order valence-electron chi connectivity index (χ4n) is 7.59. The number of hydrogen-bond acceptors (Lipinski definition) is 8. The fraction of sp³-hybridized carbons (Fsp3) is 0.897. The summed E-state index contributed by atoms with van der Waals surface area (Å²) in [5, 5.41) is 20.9. The summed E-state index contributed by atoms with van der Waals surface area (Å²) < 4.78 is 23.6. The molecule has 2 saturated heterocycles. The van der Waals surface area contributed by atoms with E-state index in [0.717, 1.165) is 115 Å². The Balaban J connectivity index is 1.19. The van der Waals surface area contributed by atoms with E-state index in [4.69, 9.17) is 18.9 Å². The van der Waals surface area contributed by atoms with E-state index in [9.17, 15) is 19.8 Å². The van der Waals surface area contributed by atoms with Crippen LogP contribution in [-0.4, -0.2) is 71.0 Å². The molecule has 272 valence electrons. The lowest BCUT2D eigenvalue weighted by Crippen LogP contribution is -2.34. The first kappa shape index (κ1) is 40.0. The molecule has 47 heavy (non-hydrogen) atoms. The summed E-state index contributed by atoms with van der Waals surface area (Å²) in [7, 11) is 0. The van der Waals surface area contributed by atoms with Crippen molar-refractivity contribution in [1.29, 1.82) is 0 Å². The first-order valence-corrected chi connectivity index (χ1v) is 19.5. The minimum absolute atomic E-state index is 0.00207. The van der Waals surface area contributed by atoms with E-state index in [1.807, 2.05) is 13.0 Å². The number of rotatable bonds is 26. The van der Waals surface area contributed by atoms with Gasteiger partial charge in [0.05, 0.1) is 36.6 Å². The smallest absolute Gasteiger partial charge is 0.334 e. The van der Waals surface area contributed by atoms with Crippen molar-refractivity contribution in [1.82, 2.24) is 0 Å². The average Bonchev–Trinajstić information content (AvgIpc) is 3.79. The molecule has 0 aromatic carbocycles. The van der Waals surface area contributed by atoms with E-state index in [1.54, 1.807) is 0 Å². The van der Waals surface area contributed by atoms with Crippen molar-refractivity contribution < 1.29 is 38.7 Å². The largest absolute Gasteiger partial charge is 0.460 e. The number of carbonyl (C=O) groups is 2. The molecule has 3 aliphatic rings. The standard InChI is InChI=1S/C39H68O8/c1-4-5-20-32(41)21-16-14-18-23-35(45-30(3)40)36-26-27-38(47-36)37-25-24-34(46-37)33(42)22-17-13-11-9-7-6-8-10-12-15-19-31-28-29(2)44-39(31)43/h28-29,32-38,41-42H,4-27H2,1-3H3. The first-order chi connectivity index (χ1) is 22.8. The molecule has 3 rings (SSSR count). The van der Waals surface area contributed by atoms with E-state index in [1.165, 1.54) is 51.9 Å². The van der Waals surface area contributed by atoms with Crippen molar-refractivity contribution in [2.45, 2.75) is 224 Å². The maximum absolute atomic E-state index is 11.8. The fourth-order valence-corrected chi connectivity index (χ4v) is 7.59. The number of unbranched alkanes of at least 4 members (excludes halogenated alkanes) is 12. The Kier molecular flexibility index (Phi) is 19.6. The molecule has 0 bridgehead atoms. The van der Waals surface area contributed by atoms with E-state index in [2.05, 4.69) is 6.92 Å². The highest BCUT2D eigenvalue weighted by Crippen LogP contribution is 2.35. The molecule has 0 aliphatic carbocycles. The van der Waals surface area contributed by atoms with Crippen LogP contribution >= 0.6 is 0 Å². The molecule has 3 heterocycles. The monoisotopic (exact) mass is 664 g/mol. The molecule has 0 radical (unpaired) electrons. The minimum Gasteiger partial charge on any atom is -0.460 e. The lowest BCUT2D eigenvalue weighted by molar-refractivity contribution is -0.158. The molecule has 0 saturated carbocycles. The van der Waals surface area contributed by atoms with Gasteiger partial charge in [-0.1, -0.05) is 90.4 Å². The molecule has 8 heteroatoms. The molecule has 0 aromatic rings. The van der Waals surface area contributed by atoms with Gasteiger partial charge in [0.2, 0.25) is 0 Å². The second-order valence-electron chi connectivity index (χ2n) is 14.6. The van der Waals surface area contributed by atoms with Crippen LogP contribution in [0.15, 0.2) is 11.6 Å². The second kappa shape index (κ2) is 23.0. The molecule has 2 N–H and O–H groups in total. The molecule has 8 unspecified atom stereocenters. The third-order valence-electron chi connectivity index (χ3n) is 10.4. The molecule has 8 atom stereocenters. The minimum atomic E-state index is -0.420. The van der Waals surface area contributed by atoms with Crippen molar-refractivity contribution in [3.63, 3.8) is 0 Å². The zero-order chi connectivity index (χ0) is 33.9. The topological polar surface area (TPSA) is 112 Å². The van der Waals surface area contributed by atoms with Gasteiger partial charge in [0.15, 0.2) is 0 Å². The van der Waals surface area contributed by atoms with Crippen LogP contribution < -0.4 is 0 Å². The Morgan fingerprint density at radius 1 is 0.766 bits per heavy atom.